The number of likely N-dealkylation sites (N-methyl/N-ethyl adjacent to an activating group) is 1. The van der Waals surface area contributed by atoms with E-state index in [1.807, 2.05) is 7.05 Å². The highest BCUT2D eigenvalue weighted by Gasteiger charge is 2.42. The summed E-state index contributed by atoms with van der Waals surface area (Å²) >= 11 is 0. The minimum Gasteiger partial charge on any atom is -0.381 e. The van der Waals surface area contributed by atoms with E-state index in [1.54, 1.807) is 0 Å². The van der Waals surface area contributed by atoms with Crippen molar-refractivity contribution in [3.63, 3.8) is 0 Å². The van der Waals surface area contributed by atoms with E-state index in [0.29, 0.717) is 11.5 Å². The Kier molecular flexibility index (Phi) is 7.58. The fraction of sp³-hybridized carbons (Fsp3) is 0.941. The molecule has 3 fully saturated rings. The van der Waals surface area contributed by atoms with Crippen molar-refractivity contribution in [2.24, 2.45) is 10.4 Å². The molecule has 0 aromatic carbocycles. The first-order valence-corrected chi connectivity index (χ1v) is 9.08. The minimum atomic E-state index is 0. The topological polar surface area (TPSA) is 43.3 Å². The number of piperazine rings is 1. The molecule has 3 aliphatic rings. The van der Waals surface area contributed by atoms with Gasteiger partial charge >= 0.3 is 0 Å². The van der Waals surface area contributed by atoms with E-state index in [-0.39, 0.29) is 24.0 Å². The highest BCUT2D eigenvalue weighted by molar-refractivity contribution is 14.0. The van der Waals surface area contributed by atoms with Crippen LogP contribution in [0.5, 0.6) is 0 Å². The third kappa shape index (κ3) is 4.74. The van der Waals surface area contributed by atoms with Crippen molar-refractivity contribution in [2.75, 3.05) is 73.1 Å². The molecule has 0 aliphatic carbocycles. The van der Waals surface area contributed by atoms with Crippen LogP contribution >= 0.6 is 24.0 Å². The number of likely N-dealkylation sites (tertiary alicyclic amines) is 1. The Bertz CT molecular complexity index is 419. The maximum atomic E-state index is 5.63. The molecule has 0 radical (unpaired) electrons. The molecule has 3 saturated heterocycles. The number of rotatable bonds is 3. The van der Waals surface area contributed by atoms with Crippen molar-refractivity contribution < 1.29 is 4.74 Å². The lowest BCUT2D eigenvalue weighted by atomic mass is 9.87. The molecule has 0 aromatic rings. The first kappa shape index (κ1) is 20.2. The molecule has 0 amide bonds. The fourth-order valence-corrected chi connectivity index (χ4v) is 4.05. The maximum Gasteiger partial charge on any atom is 0.193 e. The molecule has 24 heavy (non-hydrogen) atoms. The maximum absolute atomic E-state index is 5.63. The van der Waals surface area contributed by atoms with Crippen LogP contribution in [0.25, 0.3) is 0 Å². The molecule has 7 heteroatoms. The first-order chi connectivity index (χ1) is 11.1. The fourth-order valence-electron chi connectivity index (χ4n) is 4.05. The molecule has 1 spiro atoms. The Morgan fingerprint density at radius 3 is 2.58 bits per heavy atom. The summed E-state index contributed by atoms with van der Waals surface area (Å²) in [6.07, 6.45) is 2.44. The third-order valence-electron chi connectivity index (χ3n) is 5.85. The summed E-state index contributed by atoms with van der Waals surface area (Å²) in [6, 6.07) is 0.548. The average molecular weight is 451 g/mol. The lowest BCUT2D eigenvalue weighted by Gasteiger charge is -2.37. The molecule has 1 N–H and O–H groups in total. The molecule has 6 nitrogen and oxygen atoms in total. The van der Waals surface area contributed by atoms with E-state index in [4.69, 9.17) is 4.74 Å². The van der Waals surface area contributed by atoms with Gasteiger partial charge in [-0.15, -0.1) is 24.0 Å². The van der Waals surface area contributed by atoms with Crippen LogP contribution in [0.15, 0.2) is 4.99 Å². The van der Waals surface area contributed by atoms with Gasteiger partial charge in [0.2, 0.25) is 0 Å². The van der Waals surface area contributed by atoms with Gasteiger partial charge in [0.25, 0.3) is 0 Å². The van der Waals surface area contributed by atoms with Crippen molar-refractivity contribution in [1.82, 2.24) is 20.0 Å². The summed E-state index contributed by atoms with van der Waals surface area (Å²) in [5.41, 5.74) is 0.390. The van der Waals surface area contributed by atoms with E-state index in [9.17, 15) is 0 Å². The molecule has 0 saturated carbocycles. The van der Waals surface area contributed by atoms with Crippen LogP contribution < -0.4 is 5.32 Å². The molecular weight excluding hydrogens is 417 g/mol. The second-order valence-corrected chi connectivity index (χ2v) is 7.59. The van der Waals surface area contributed by atoms with Crippen molar-refractivity contribution in [3.8, 4) is 0 Å². The summed E-state index contributed by atoms with van der Waals surface area (Å²) in [4.78, 5) is 11.9. The Labute approximate surface area is 164 Å². The average Bonchev–Trinajstić information content (AvgIpc) is 3.19. The van der Waals surface area contributed by atoms with Crippen LogP contribution in [-0.2, 0) is 4.74 Å². The number of nitrogens with one attached hydrogen (secondary N) is 1. The number of halogens is 1. The molecule has 0 bridgehead atoms. The van der Waals surface area contributed by atoms with E-state index < -0.39 is 0 Å². The lowest BCUT2D eigenvalue weighted by molar-refractivity contribution is 0.119. The molecule has 3 rings (SSSR count). The lowest BCUT2D eigenvalue weighted by Crippen LogP contribution is -2.52. The van der Waals surface area contributed by atoms with E-state index in [2.05, 4.69) is 39.0 Å². The van der Waals surface area contributed by atoms with Crippen LogP contribution in [0.1, 0.15) is 19.8 Å². The molecule has 3 heterocycles. The van der Waals surface area contributed by atoms with Crippen LogP contribution in [0.3, 0.4) is 0 Å². The van der Waals surface area contributed by atoms with E-state index >= 15 is 0 Å². The standard InChI is InChI=1S/C17H33N5O.HI/c1-15(21-9-7-20(3)8-10-21)12-19-16(18-2)22-6-4-17(13-22)5-11-23-14-17;/h15H,4-14H2,1-3H3,(H,18,19);1H. The number of hydrogen-bond acceptors (Lipinski definition) is 4. The van der Waals surface area contributed by atoms with E-state index in [0.717, 1.165) is 38.8 Å². The smallest absolute Gasteiger partial charge is 0.193 e. The quantitative estimate of drug-likeness (QED) is 0.393. The van der Waals surface area contributed by atoms with Crippen LogP contribution in [-0.4, -0.2) is 99.8 Å². The molecule has 0 aromatic heterocycles. The summed E-state index contributed by atoms with van der Waals surface area (Å²) < 4.78 is 5.63. The van der Waals surface area contributed by atoms with Gasteiger partial charge < -0.3 is 19.9 Å². The highest BCUT2D eigenvalue weighted by Crippen LogP contribution is 2.38. The van der Waals surface area contributed by atoms with Crippen LogP contribution in [0.4, 0.5) is 0 Å². The molecule has 2 atom stereocenters. The normalized spacial score (nSPS) is 30.6. The van der Waals surface area contributed by atoms with Gasteiger partial charge in [-0.25, -0.2) is 0 Å². The van der Waals surface area contributed by atoms with Crippen molar-refractivity contribution in [1.29, 1.82) is 0 Å². The number of nitrogens with zero attached hydrogens (tertiary/aromatic N) is 4. The Balaban J connectivity index is 0.00000208. The second-order valence-electron chi connectivity index (χ2n) is 7.59. The van der Waals surface area contributed by atoms with Gasteiger partial charge in [-0.1, -0.05) is 0 Å². The van der Waals surface area contributed by atoms with Gasteiger partial charge in [0, 0.05) is 70.9 Å². The van der Waals surface area contributed by atoms with Crippen LogP contribution in [0.2, 0.25) is 0 Å². The Hall–Kier alpha value is -0.120. The SMILES string of the molecule is CN=C(NCC(C)N1CCN(C)CC1)N1CCC2(CCOC2)C1.I. The van der Waals surface area contributed by atoms with Gasteiger partial charge in [0.1, 0.15) is 0 Å². The third-order valence-corrected chi connectivity index (χ3v) is 5.85. The predicted molar refractivity (Wildman–Crippen MR) is 109 cm³/mol. The summed E-state index contributed by atoms with van der Waals surface area (Å²) in [5, 5.41) is 3.61. The second kappa shape index (κ2) is 9.00. The zero-order valence-corrected chi connectivity index (χ0v) is 17.8. The van der Waals surface area contributed by atoms with Gasteiger partial charge in [-0.3, -0.25) is 9.89 Å². The van der Waals surface area contributed by atoms with Crippen molar-refractivity contribution in [2.45, 2.75) is 25.8 Å². The first-order valence-electron chi connectivity index (χ1n) is 9.08. The molecular formula is C17H34IN5O. The van der Waals surface area contributed by atoms with Crippen molar-refractivity contribution >= 4 is 29.9 Å². The number of guanidine groups is 1. The zero-order chi connectivity index (χ0) is 16.3. The summed E-state index contributed by atoms with van der Waals surface area (Å²) in [5.74, 6) is 1.06. The van der Waals surface area contributed by atoms with Gasteiger partial charge in [0.15, 0.2) is 5.96 Å². The van der Waals surface area contributed by atoms with Gasteiger partial charge in [-0.05, 0) is 26.8 Å². The largest absolute Gasteiger partial charge is 0.381 e. The number of ether oxygens (including phenoxy) is 1. The Morgan fingerprint density at radius 1 is 1.21 bits per heavy atom. The summed E-state index contributed by atoms with van der Waals surface area (Å²) in [7, 11) is 4.11. The minimum absolute atomic E-state index is 0. The molecule has 140 valence electrons. The number of hydrogen-bond donors (Lipinski definition) is 1. The number of aliphatic imine (C=N–C) groups is 1. The van der Waals surface area contributed by atoms with Gasteiger partial charge in [-0.2, -0.15) is 0 Å². The highest BCUT2D eigenvalue weighted by atomic mass is 127. The van der Waals surface area contributed by atoms with E-state index in [1.165, 1.54) is 39.0 Å². The molecule has 3 aliphatic heterocycles. The monoisotopic (exact) mass is 451 g/mol. The molecule has 2 unspecified atom stereocenters. The van der Waals surface area contributed by atoms with Crippen LogP contribution in [0, 0.1) is 5.41 Å². The van der Waals surface area contributed by atoms with Gasteiger partial charge in [0.05, 0.1) is 6.61 Å². The Morgan fingerprint density at radius 2 is 1.96 bits per heavy atom. The van der Waals surface area contributed by atoms with Crippen molar-refractivity contribution in [3.05, 3.63) is 0 Å². The summed E-state index contributed by atoms with van der Waals surface area (Å²) in [6.45, 7) is 12.0. The predicted octanol–water partition coefficient (Wildman–Crippen LogP) is 0.928. The zero-order valence-electron chi connectivity index (χ0n) is 15.5.